The molecule has 0 saturated carbocycles. The number of aryl methyl sites for hydroxylation is 2. The number of nitrogens with zero attached hydrogens (tertiary/aromatic N) is 5. The van der Waals surface area contributed by atoms with Gasteiger partial charge in [-0.05, 0) is 56.5 Å². The van der Waals surface area contributed by atoms with E-state index in [0.717, 1.165) is 63.9 Å². The van der Waals surface area contributed by atoms with Gasteiger partial charge in [0.25, 0.3) is 0 Å². The Kier molecular flexibility index (Phi) is 5.58. The summed E-state index contributed by atoms with van der Waals surface area (Å²) in [5, 5.41) is 9.22. The third-order valence-electron chi connectivity index (χ3n) is 5.58. The first-order chi connectivity index (χ1) is 14.8. The summed E-state index contributed by atoms with van der Waals surface area (Å²) in [5.41, 5.74) is 13.8. The van der Waals surface area contributed by atoms with Crippen molar-refractivity contribution < 1.29 is 0 Å². The standard InChI is InChI=1S/C24H27ClN6/c1-6-11-27-22-16(4)31(20-12-14(2)24-29-28-17(5)30(24)13-20)23(21(22)15(3)26)18-7-9-19(25)10-8-18/h7-10,12-13,23H,4,6,11,26H2,1-3,5H3. The molecule has 1 atom stereocenters. The Morgan fingerprint density at radius 1 is 1.23 bits per heavy atom. The molecule has 0 spiro atoms. The first kappa shape index (κ1) is 21.1. The number of hydrogen-bond donors (Lipinski definition) is 1. The number of allylic oxidation sites excluding steroid dienone is 2. The lowest BCUT2D eigenvalue weighted by atomic mass is 9.96. The first-order valence-corrected chi connectivity index (χ1v) is 10.8. The summed E-state index contributed by atoms with van der Waals surface area (Å²) in [6, 6.07) is 9.84. The van der Waals surface area contributed by atoms with Gasteiger partial charge in [-0.2, -0.15) is 0 Å². The molecule has 1 unspecified atom stereocenters. The fourth-order valence-corrected chi connectivity index (χ4v) is 4.26. The number of benzene rings is 1. The minimum Gasteiger partial charge on any atom is -0.402 e. The number of hydrogen-bond acceptors (Lipinski definition) is 5. The molecule has 0 aliphatic carbocycles. The maximum Gasteiger partial charge on any atom is 0.163 e. The van der Waals surface area contributed by atoms with E-state index in [1.165, 1.54) is 0 Å². The molecule has 1 aliphatic heterocycles. The van der Waals surface area contributed by atoms with E-state index in [4.69, 9.17) is 22.3 Å². The zero-order valence-corrected chi connectivity index (χ0v) is 19.1. The molecule has 0 radical (unpaired) electrons. The highest BCUT2D eigenvalue weighted by Gasteiger charge is 2.40. The van der Waals surface area contributed by atoms with Crippen LogP contribution in [0.15, 0.2) is 65.1 Å². The van der Waals surface area contributed by atoms with Gasteiger partial charge in [-0.25, -0.2) is 0 Å². The summed E-state index contributed by atoms with van der Waals surface area (Å²) >= 11 is 6.18. The third-order valence-corrected chi connectivity index (χ3v) is 5.83. The van der Waals surface area contributed by atoms with Crippen molar-refractivity contribution in [3.63, 3.8) is 0 Å². The number of rotatable bonds is 4. The minimum absolute atomic E-state index is 0.154. The summed E-state index contributed by atoms with van der Waals surface area (Å²) in [5.74, 6) is 0.832. The lowest BCUT2D eigenvalue weighted by Crippen LogP contribution is -2.23. The molecule has 7 heteroatoms. The quantitative estimate of drug-likeness (QED) is 0.615. The van der Waals surface area contributed by atoms with Crippen molar-refractivity contribution in [2.45, 2.75) is 40.2 Å². The topological polar surface area (TPSA) is 71.8 Å². The van der Waals surface area contributed by atoms with Crippen LogP contribution in [0.3, 0.4) is 0 Å². The lowest BCUT2D eigenvalue weighted by molar-refractivity contribution is 0.828. The summed E-state index contributed by atoms with van der Waals surface area (Å²) in [7, 11) is 0. The van der Waals surface area contributed by atoms with E-state index in [-0.39, 0.29) is 6.04 Å². The van der Waals surface area contributed by atoms with Crippen molar-refractivity contribution in [1.82, 2.24) is 14.6 Å². The van der Waals surface area contributed by atoms with Gasteiger partial charge < -0.3 is 10.6 Å². The summed E-state index contributed by atoms with van der Waals surface area (Å²) in [4.78, 5) is 7.07. The third kappa shape index (κ3) is 3.61. The Bertz CT molecular complexity index is 1210. The lowest BCUT2D eigenvalue weighted by Gasteiger charge is -2.28. The van der Waals surface area contributed by atoms with Crippen LogP contribution >= 0.6 is 11.6 Å². The smallest absolute Gasteiger partial charge is 0.163 e. The fraction of sp³-hybridized carbons (Fsp3) is 0.292. The largest absolute Gasteiger partial charge is 0.402 e. The molecule has 160 valence electrons. The molecule has 1 aliphatic rings. The predicted molar refractivity (Wildman–Crippen MR) is 128 cm³/mol. The summed E-state index contributed by atoms with van der Waals surface area (Å²) in [6.45, 7) is 13.2. The molecular formula is C24H27ClN6. The molecule has 6 nitrogen and oxygen atoms in total. The molecule has 1 saturated heterocycles. The number of aliphatic imine (C=N–C) groups is 1. The van der Waals surface area contributed by atoms with Crippen molar-refractivity contribution in [3.05, 3.63) is 82.0 Å². The molecule has 2 aromatic heterocycles. The van der Waals surface area contributed by atoms with E-state index in [2.05, 4.69) is 40.9 Å². The molecule has 1 aromatic carbocycles. The van der Waals surface area contributed by atoms with Crippen molar-refractivity contribution >= 4 is 28.6 Å². The average Bonchev–Trinajstić information content (AvgIpc) is 3.25. The Labute approximate surface area is 187 Å². The second-order valence-electron chi connectivity index (χ2n) is 7.92. The number of aromatic nitrogens is 3. The van der Waals surface area contributed by atoms with Crippen LogP contribution in [0.25, 0.3) is 5.65 Å². The van der Waals surface area contributed by atoms with Crippen LogP contribution in [-0.2, 0) is 0 Å². The van der Waals surface area contributed by atoms with Gasteiger partial charge >= 0.3 is 0 Å². The number of pyridine rings is 1. The van der Waals surface area contributed by atoms with Crippen LogP contribution in [0.2, 0.25) is 5.02 Å². The molecule has 0 bridgehead atoms. The Balaban J connectivity index is 1.97. The van der Waals surface area contributed by atoms with E-state index >= 15 is 0 Å². The molecule has 3 aromatic rings. The predicted octanol–water partition coefficient (Wildman–Crippen LogP) is 5.16. The van der Waals surface area contributed by atoms with Crippen LogP contribution in [0, 0.1) is 13.8 Å². The fourth-order valence-electron chi connectivity index (χ4n) is 4.13. The van der Waals surface area contributed by atoms with Crippen LogP contribution in [0.1, 0.15) is 43.3 Å². The summed E-state index contributed by atoms with van der Waals surface area (Å²) < 4.78 is 2.01. The van der Waals surface area contributed by atoms with E-state index in [1.54, 1.807) is 0 Å². The SMILES string of the molecule is C=C1C(=NCCC)C(=C(C)N)C(c2ccc(Cl)cc2)N1c1cc(C)c2nnc(C)n2c1. The monoisotopic (exact) mass is 434 g/mol. The summed E-state index contributed by atoms with van der Waals surface area (Å²) in [6.07, 6.45) is 3.00. The van der Waals surface area contributed by atoms with Crippen molar-refractivity contribution in [1.29, 1.82) is 0 Å². The minimum atomic E-state index is -0.154. The zero-order valence-electron chi connectivity index (χ0n) is 18.4. The normalized spacial score (nSPS) is 19.6. The van der Waals surface area contributed by atoms with Gasteiger partial charge in [0.1, 0.15) is 5.82 Å². The van der Waals surface area contributed by atoms with E-state index in [9.17, 15) is 0 Å². The van der Waals surface area contributed by atoms with Crippen LogP contribution in [0.5, 0.6) is 0 Å². The number of nitrogens with two attached hydrogens (primary N) is 1. The molecule has 4 rings (SSSR count). The van der Waals surface area contributed by atoms with Gasteiger partial charge in [0.2, 0.25) is 0 Å². The molecule has 1 fully saturated rings. The van der Waals surface area contributed by atoms with Crippen molar-refractivity contribution in [3.8, 4) is 0 Å². The Morgan fingerprint density at radius 2 is 1.94 bits per heavy atom. The zero-order chi connectivity index (χ0) is 22.3. The average molecular weight is 435 g/mol. The molecule has 0 amide bonds. The van der Waals surface area contributed by atoms with Crippen molar-refractivity contribution in [2.75, 3.05) is 11.4 Å². The maximum atomic E-state index is 6.43. The van der Waals surface area contributed by atoms with Gasteiger partial charge in [0.15, 0.2) is 5.65 Å². The van der Waals surface area contributed by atoms with E-state index in [0.29, 0.717) is 5.02 Å². The molecule has 3 heterocycles. The highest BCUT2D eigenvalue weighted by atomic mass is 35.5. The van der Waals surface area contributed by atoms with Crippen LogP contribution < -0.4 is 10.6 Å². The van der Waals surface area contributed by atoms with Gasteiger partial charge in [-0.1, -0.05) is 37.2 Å². The Morgan fingerprint density at radius 3 is 2.58 bits per heavy atom. The molecular weight excluding hydrogens is 408 g/mol. The second kappa shape index (κ2) is 8.19. The number of fused-ring (bicyclic) bond motifs is 1. The van der Waals surface area contributed by atoms with E-state index < -0.39 is 0 Å². The van der Waals surface area contributed by atoms with Crippen molar-refractivity contribution in [2.24, 2.45) is 10.7 Å². The molecule has 2 N–H and O–H groups in total. The van der Waals surface area contributed by atoms with Gasteiger partial charge in [0.05, 0.1) is 23.1 Å². The van der Waals surface area contributed by atoms with Gasteiger partial charge in [-0.3, -0.25) is 9.39 Å². The highest BCUT2D eigenvalue weighted by Crippen LogP contribution is 2.45. The number of anilines is 1. The van der Waals surface area contributed by atoms with Crippen LogP contribution in [0.4, 0.5) is 5.69 Å². The maximum absolute atomic E-state index is 6.43. The van der Waals surface area contributed by atoms with E-state index in [1.807, 2.05) is 49.4 Å². The Hall–Kier alpha value is -3.12. The number of halogens is 1. The highest BCUT2D eigenvalue weighted by molar-refractivity contribution is 6.30. The van der Waals surface area contributed by atoms with Gasteiger partial charge in [0, 0.05) is 29.0 Å². The van der Waals surface area contributed by atoms with Gasteiger partial charge in [-0.15, -0.1) is 10.2 Å². The van der Waals surface area contributed by atoms with Crippen LogP contribution in [-0.4, -0.2) is 26.9 Å². The molecule has 31 heavy (non-hydrogen) atoms. The second-order valence-corrected chi connectivity index (χ2v) is 8.36. The first-order valence-electron chi connectivity index (χ1n) is 10.4.